The normalized spacial score (nSPS) is 8.82. The van der Waals surface area contributed by atoms with E-state index in [0.29, 0.717) is 0 Å². The van der Waals surface area contributed by atoms with Crippen molar-refractivity contribution in [3.8, 4) is 0 Å². The fourth-order valence-electron chi connectivity index (χ4n) is 0. The zero-order valence-electron chi connectivity index (χ0n) is 7.85. The maximum atomic E-state index is 9.00. The molecule has 0 aromatic rings. The van der Waals surface area contributed by atoms with Gasteiger partial charge in [-0.3, -0.25) is 4.79 Å². The van der Waals surface area contributed by atoms with Gasteiger partial charge >= 0.3 is 0 Å². The van der Waals surface area contributed by atoms with Crippen LogP contribution >= 0.6 is 0 Å². The minimum Gasteiger partial charge on any atom is -0.481 e. The number of rotatable bonds is 1. The SMILES string of the molecule is CC(=O)O.CCC(C)(C)N.N. The number of nitrogens with two attached hydrogens (primary N) is 1. The standard InChI is InChI=1S/C5H13N.C2H4O2.H3N/c1-4-5(2,3)6;1-2(3)4;/h4,6H2,1-3H3;1H3,(H,3,4);1H3. The van der Waals surface area contributed by atoms with Crippen LogP contribution in [0.4, 0.5) is 0 Å². The molecule has 0 aliphatic heterocycles. The van der Waals surface area contributed by atoms with Crippen LogP contribution < -0.4 is 11.9 Å². The fourth-order valence-corrected chi connectivity index (χ4v) is 0. The van der Waals surface area contributed by atoms with Crippen molar-refractivity contribution in [2.24, 2.45) is 5.73 Å². The molecule has 4 heteroatoms. The molecule has 11 heavy (non-hydrogen) atoms. The third-order valence-corrected chi connectivity index (χ3v) is 0.911. The lowest BCUT2D eigenvalue weighted by Crippen LogP contribution is -2.30. The minimum absolute atomic E-state index is 0. The van der Waals surface area contributed by atoms with Crippen LogP contribution in [0.5, 0.6) is 0 Å². The Morgan fingerprint density at radius 3 is 1.64 bits per heavy atom. The lowest BCUT2D eigenvalue weighted by atomic mass is 10.1. The molecule has 0 spiro atoms. The van der Waals surface area contributed by atoms with E-state index in [2.05, 4.69) is 6.92 Å². The lowest BCUT2D eigenvalue weighted by molar-refractivity contribution is -0.134. The average molecular weight is 164 g/mol. The van der Waals surface area contributed by atoms with Gasteiger partial charge in [0.1, 0.15) is 0 Å². The molecule has 0 aromatic carbocycles. The molecular weight excluding hydrogens is 144 g/mol. The summed E-state index contributed by atoms with van der Waals surface area (Å²) in [6.45, 7) is 7.21. The predicted molar refractivity (Wildman–Crippen MR) is 46.9 cm³/mol. The van der Waals surface area contributed by atoms with E-state index in [1.54, 1.807) is 0 Å². The van der Waals surface area contributed by atoms with Crippen molar-refractivity contribution >= 4 is 5.97 Å². The van der Waals surface area contributed by atoms with Crippen molar-refractivity contribution < 1.29 is 9.90 Å². The van der Waals surface area contributed by atoms with Crippen LogP contribution in [-0.4, -0.2) is 16.6 Å². The van der Waals surface area contributed by atoms with Gasteiger partial charge in [0.25, 0.3) is 5.97 Å². The molecule has 70 valence electrons. The molecule has 0 fully saturated rings. The van der Waals surface area contributed by atoms with E-state index in [1.807, 2.05) is 13.8 Å². The quantitative estimate of drug-likeness (QED) is 0.545. The Hall–Kier alpha value is -0.610. The zero-order chi connectivity index (χ0) is 8.78. The molecule has 0 bridgehead atoms. The molecular formula is C7H20N2O2. The maximum absolute atomic E-state index is 9.00. The Morgan fingerprint density at radius 1 is 1.55 bits per heavy atom. The summed E-state index contributed by atoms with van der Waals surface area (Å²) in [6.07, 6.45) is 1.05. The molecule has 0 radical (unpaired) electrons. The van der Waals surface area contributed by atoms with Gasteiger partial charge in [-0.15, -0.1) is 0 Å². The van der Waals surface area contributed by atoms with Crippen LogP contribution in [-0.2, 0) is 4.79 Å². The minimum atomic E-state index is -0.833. The van der Waals surface area contributed by atoms with Crippen molar-refractivity contribution in [3.63, 3.8) is 0 Å². The van der Waals surface area contributed by atoms with Crippen molar-refractivity contribution in [1.82, 2.24) is 6.15 Å². The fraction of sp³-hybridized carbons (Fsp3) is 0.857. The van der Waals surface area contributed by atoms with Crippen LogP contribution in [0, 0.1) is 0 Å². The highest BCUT2D eigenvalue weighted by Gasteiger charge is 2.03. The second-order valence-electron chi connectivity index (χ2n) is 2.86. The summed E-state index contributed by atoms with van der Waals surface area (Å²) in [7, 11) is 0. The van der Waals surface area contributed by atoms with Crippen molar-refractivity contribution in [3.05, 3.63) is 0 Å². The highest BCUT2D eigenvalue weighted by Crippen LogP contribution is 1.99. The first-order chi connectivity index (χ1) is 4.29. The van der Waals surface area contributed by atoms with Crippen molar-refractivity contribution in [2.45, 2.75) is 39.7 Å². The van der Waals surface area contributed by atoms with Gasteiger partial charge in [0.05, 0.1) is 0 Å². The number of hydrogen-bond donors (Lipinski definition) is 3. The van der Waals surface area contributed by atoms with Gasteiger partial charge in [-0.2, -0.15) is 0 Å². The smallest absolute Gasteiger partial charge is 0.300 e. The maximum Gasteiger partial charge on any atom is 0.300 e. The van der Waals surface area contributed by atoms with Gasteiger partial charge in [-0.1, -0.05) is 6.92 Å². The molecule has 0 atom stereocenters. The Balaban J connectivity index is -0.000000114. The van der Waals surface area contributed by atoms with Gasteiger partial charge in [0, 0.05) is 12.5 Å². The van der Waals surface area contributed by atoms with Gasteiger partial charge in [0.15, 0.2) is 0 Å². The number of carboxylic acid groups (broad SMARTS) is 1. The first-order valence-electron chi connectivity index (χ1n) is 3.28. The molecule has 6 N–H and O–H groups in total. The average Bonchev–Trinajstić information content (AvgIpc) is 1.63. The summed E-state index contributed by atoms with van der Waals surface area (Å²) in [5.41, 5.74) is 5.58. The van der Waals surface area contributed by atoms with E-state index in [9.17, 15) is 0 Å². The number of hydrogen-bond acceptors (Lipinski definition) is 3. The number of carboxylic acids is 1. The first-order valence-corrected chi connectivity index (χ1v) is 3.28. The second-order valence-corrected chi connectivity index (χ2v) is 2.86. The topological polar surface area (TPSA) is 98.3 Å². The van der Waals surface area contributed by atoms with Gasteiger partial charge in [0.2, 0.25) is 0 Å². The van der Waals surface area contributed by atoms with E-state index in [0.717, 1.165) is 13.3 Å². The summed E-state index contributed by atoms with van der Waals surface area (Å²) in [5, 5.41) is 7.42. The zero-order valence-corrected chi connectivity index (χ0v) is 7.85. The monoisotopic (exact) mass is 164 g/mol. The van der Waals surface area contributed by atoms with E-state index < -0.39 is 5.97 Å². The Bertz CT molecular complexity index is 93.1. The first kappa shape index (κ1) is 16.8. The van der Waals surface area contributed by atoms with Crippen LogP contribution in [0.3, 0.4) is 0 Å². The predicted octanol–water partition coefficient (Wildman–Crippen LogP) is 1.39. The summed E-state index contributed by atoms with van der Waals surface area (Å²) < 4.78 is 0. The molecule has 0 saturated carbocycles. The summed E-state index contributed by atoms with van der Waals surface area (Å²) in [5.74, 6) is -0.833. The summed E-state index contributed by atoms with van der Waals surface area (Å²) >= 11 is 0. The highest BCUT2D eigenvalue weighted by molar-refractivity contribution is 5.62. The second kappa shape index (κ2) is 7.50. The third kappa shape index (κ3) is 89.8. The van der Waals surface area contributed by atoms with Crippen molar-refractivity contribution in [1.29, 1.82) is 0 Å². The summed E-state index contributed by atoms with van der Waals surface area (Å²) in [4.78, 5) is 9.00. The van der Waals surface area contributed by atoms with E-state index >= 15 is 0 Å². The summed E-state index contributed by atoms with van der Waals surface area (Å²) in [6, 6.07) is 0. The molecule has 0 heterocycles. The molecule has 0 aromatic heterocycles. The molecule has 0 aliphatic carbocycles. The van der Waals surface area contributed by atoms with Gasteiger partial charge < -0.3 is 17.0 Å². The van der Waals surface area contributed by atoms with E-state index in [-0.39, 0.29) is 11.7 Å². The Labute approximate surface area is 68.4 Å². The van der Waals surface area contributed by atoms with Gasteiger partial charge in [-0.05, 0) is 20.3 Å². The highest BCUT2D eigenvalue weighted by atomic mass is 16.4. The van der Waals surface area contributed by atoms with E-state index in [1.165, 1.54) is 0 Å². The van der Waals surface area contributed by atoms with Crippen LogP contribution in [0.1, 0.15) is 34.1 Å². The molecule has 0 rings (SSSR count). The Kier molecular flexibility index (Phi) is 11.4. The third-order valence-electron chi connectivity index (χ3n) is 0.911. The Morgan fingerprint density at radius 2 is 1.64 bits per heavy atom. The number of aliphatic carboxylic acids is 1. The molecule has 0 aliphatic rings. The van der Waals surface area contributed by atoms with Gasteiger partial charge in [-0.25, -0.2) is 0 Å². The number of carbonyl (C=O) groups is 1. The molecule has 0 unspecified atom stereocenters. The van der Waals surface area contributed by atoms with Crippen LogP contribution in [0.15, 0.2) is 0 Å². The van der Waals surface area contributed by atoms with Crippen LogP contribution in [0.25, 0.3) is 0 Å². The molecule has 4 nitrogen and oxygen atoms in total. The molecule has 0 saturated heterocycles. The van der Waals surface area contributed by atoms with E-state index in [4.69, 9.17) is 15.6 Å². The van der Waals surface area contributed by atoms with Crippen LogP contribution in [0.2, 0.25) is 0 Å². The largest absolute Gasteiger partial charge is 0.481 e. The molecule has 0 amide bonds. The van der Waals surface area contributed by atoms with Crippen molar-refractivity contribution in [2.75, 3.05) is 0 Å². The lowest BCUT2D eigenvalue weighted by Gasteiger charge is -2.13.